The maximum atomic E-state index is 10.7. The first-order valence-electron chi connectivity index (χ1n) is 3.75. The van der Waals surface area contributed by atoms with Crippen LogP contribution < -0.4 is 0 Å². The molecule has 0 aliphatic carbocycles. The first-order valence-corrected chi connectivity index (χ1v) is 3.75. The molecule has 4 nitrogen and oxygen atoms in total. The van der Waals surface area contributed by atoms with E-state index in [9.17, 15) is 4.79 Å². The Labute approximate surface area is 80.8 Å². The number of pyridine rings is 1. The number of hydrogen-bond donors (Lipinski definition) is 1. The van der Waals surface area contributed by atoms with Crippen molar-refractivity contribution in [3.63, 3.8) is 0 Å². The predicted octanol–water partition coefficient (Wildman–Crippen LogP) is 0.963. The van der Waals surface area contributed by atoms with Gasteiger partial charge in [0.15, 0.2) is 11.8 Å². The highest BCUT2D eigenvalue weighted by Crippen LogP contribution is 2.06. The van der Waals surface area contributed by atoms with Gasteiger partial charge in [-0.25, -0.2) is 9.78 Å². The van der Waals surface area contributed by atoms with Gasteiger partial charge in [0, 0.05) is 12.1 Å². The van der Waals surface area contributed by atoms with E-state index in [2.05, 4.69) is 16.8 Å². The van der Waals surface area contributed by atoms with E-state index >= 15 is 0 Å². The average molecular weight is 186 g/mol. The van der Waals surface area contributed by atoms with Gasteiger partial charge in [-0.1, -0.05) is 0 Å². The lowest BCUT2D eigenvalue weighted by molar-refractivity contribution is 0.0690. The molecular formula is C10H6N2O2. The zero-order valence-corrected chi connectivity index (χ0v) is 7.40. The van der Waals surface area contributed by atoms with Crippen LogP contribution in [0.4, 0.5) is 0 Å². The standard InChI is InChI=1S/C10H6N2O2/c1-7-5-8(3-2-4-11)9(10(13)14)12-6-7/h5-6H,1H3,(H,13,14). The highest BCUT2D eigenvalue weighted by Gasteiger charge is 2.09. The molecule has 0 bridgehead atoms. The van der Waals surface area contributed by atoms with Gasteiger partial charge < -0.3 is 5.11 Å². The summed E-state index contributed by atoms with van der Waals surface area (Å²) in [7, 11) is 0. The van der Waals surface area contributed by atoms with Crippen molar-refractivity contribution in [1.82, 2.24) is 4.98 Å². The number of carboxylic acid groups (broad SMARTS) is 1. The van der Waals surface area contributed by atoms with Crippen molar-refractivity contribution in [1.29, 1.82) is 5.26 Å². The summed E-state index contributed by atoms with van der Waals surface area (Å²) in [6, 6.07) is 3.20. The molecule has 0 aromatic carbocycles. The van der Waals surface area contributed by atoms with Crippen LogP contribution in [0.3, 0.4) is 0 Å². The van der Waals surface area contributed by atoms with Crippen molar-refractivity contribution < 1.29 is 9.90 Å². The molecule has 1 rings (SSSR count). The molecule has 0 spiro atoms. The van der Waals surface area contributed by atoms with Gasteiger partial charge in [-0.2, -0.15) is 5.26 Å². The van der Waals surface area contributed by atoms with E-state index in [0.29, 0.717) is 0 Å². The Morgan fingerprint density at radius 1 is 1.64 bits per heavy atom. The van der Waals surface area contributed by atoms with Crippen molar-refractivity contribution in [3.8, 4) is 17.9 Å². The first kappa shape index (κ1) is 9.76. The molecule has 0 fully saturated rings. The lowest BCUT2D eigenvalue weighted by Crippen LogP contribution is -2.03. The minimum Gasteiger partial charge on any atom is -0.476 e. The van der Waals surface area contributed by atoms with E-state index < -0.39 is 5.97 Å². The van der Waals surface area contributed by atoms with Gasteiger partial charge in [0.25, 0.3) is 0 Å². The molecule has 0 atom stereocenters. The SMILES string of the molecule is Cc1cnc(C(=O)O)c(C#CC#N)c1. The third kappa shape index (κ3) is 2.09. The molecule has 14 heavy (non-hydrogen) atoms. The average Bonchev–Trinajstić information content (AvgIpc) is 2.14. The smallest absolute Gasteiger partial charge is 0.355 e. The number of aromatic nitrogens is 1. The van der Waals surface area contributed by atoms with E-state index in [4.69, 9.17) is 10.4 Å². The number of hydrogen-bond acceptors (Lipinski definition) is 3. The van der Waals surface area contributed by atoms with Crippen LogP contribution in [0.15, 0.2) is 12.3 Å². The summed E-state index contributed by atoms with van der Waals surface area (Å²) in [6.07, 6.45) is 1.45. The molecule has 0 aliphatic heterocycles. The van der Waals surface area contributed by atoms with Crippen molar-refractivity contribution in [2.45, 2.75) is 6.92 Å². The second-order valence-electron chi connectivity index (χ2n) is 2.58. The number of nitriles is 1. The van der Waals surface area contributed by atoms with E-state index in [1.165, 1.54) is 6.20 Å². The second kappa shape index (κ2) is 4.06. The topological polar surface area (TPSA) is 74.0 Å². The van der Waals surface area contributed by atoms with Crippen LogP contribution in [0.1, 0.15) is 21.6 Å². The van der Waals surface area contributed by atoms with Crippen LogP contribution in [-0.2, 0) is 0 Å². The van der Waals surface area contributed by atoms with E-state index in [1.807, 2.05) is 0 Å². The van der Waals surface area contributed by atoms with E-state index in [0.717, 1.165) is 5.56 Å². The minimum atomic E-state index is -1.15. The zero-order chi connectivity index (χ0) is 10.6. The van der Waals surface area contributed by atoms with Crippen molar-refractivity contribution in [2.24, 2.45) is 0 Å². The van der Waals surface area contributed by atoms with Crippen LogP contribution in [0.25, 0.3) is 0 Å². The van der Waals surface area contributed by atoms with Crippen molar-refractivity contribution in [2.75, 3.05) is 0 Å². The van der Waals surface area contributed by atoms with Gasteiger partial charge in [0.1, 0.15) is 0 Å². The largest absolute Gasteiger partial charge is 0.476 e. The first-order chi connectivity index (χ1) is 6.65. The highest BCUT2D eigenvalue weighted by molar-refractivity contribution is 5.88. The molecule has 4 heteroatoms. The zero-order valence-electron chi connectivity index (χ0n) is 7.40. The Kier molecular flexibility index (Phi) is 2.83. The molecular weight excluding hydrogens is 180 g/mol. The van der Waals surface area contributed by atoms with Crippen LogP contribution >= 0.6 is 0 Å². The quantitative estimate of drug-likeness (QED) is 0.663. The van der Waals surface area contributed by atoms with Crippen molar-refractivity contribution in [3.05, 3.63) is 29.1 Å². The summed E-state index contributed by atoms with van der Waals surface area (Å²) in [5.74, 6) is 3.42. The number of nitrogens with zero attached hydrogens (tertiary/aromatic N) is 2. The van der Waals surface area contributed by atoms with Gasteiger partial charge in [0.05, 0.1) is 5.56 Å². The molecule has 0 radical (unpaired) electrons. The summed E-state index contributed by atoms with van der Waals surface area (Å²) < 4.78 is 0. The van der Waals surface area contributed by atoms with E-state index in [1.54, 1.807) is 19.1 Å². The number of aromatic carboxylic acids is 1. The van der Waals surface area contributed by atoms with E-state index in [-0.39, 0.29) is 11.3 Å². The summed E-state index contributed by atoms with van der Waals surface area (Å²) in [6.45, 7) is 1.77. The maximum absolute atomic E-state index is 10.7. The van der Waals surface area contributed by atoms with Crippen LogP contribution in [0.2, 0.25) is 0 Å². The van der Waals surface area contributed by atoms with Crippen LogP contribution in [0.5, 0.6) is 0 Å². The van der Waals surface area contributed by atoms with Crippen molar-refractivity contribution >= 4 is 5.97 Å². The third-order valence-corrected chi connectivity index (χ3v) is 1.48. The summed E-state index contributed by atoms with van der Waals surface area (Å²) in [4.78, 5) is 14.4. The lowest BCUT2D eigenvalue weighted by atomic mass is 10.1. The Bertz CT molecular complexity index is 475. The Balaban J connectivity index is 3.31. The fourth-order valence-corrected chi connectivity index (χ4v) is 0.930. The molecule has 0 saturated carbocycles. The molecule has 1 heterocycles. The third-order valence-electron chi connectivity index (χ3n) is 1.48. The number of carbonyl (C=O) groups is 1. The second-order valence-corrected chi connectivity index (χ2v) is 2.58. The summed E-state index contributed by atoms with van der Waals surface area (Å²) in [5, 5.41) is 17.0. The predicted molar refractivity (Wildman–Crippen MR) is 48.4 cm³/mol. The number of aryl methyl sites for hydroxylation is 1. The van der Waals surface area contributed by atoms with Crippen LogP contribution in [0, 0.1) is 30.1 Å². The van der Waals surface area contributed by atoms with Crippen LogP contribution in [-0.4, -0.2) is 16.1 Å². The number of carboxylic acids is 1. The van der Waals surface area contributed by atoms with Gasteiger partial charge in [0.2, 0.25) is 0 Å². The fourth-order valence-electron chi connectivity index (χ4n) is 0.930. The highest BCUT2D eigenvalue weighted by atomic mass is 16.4. The monoisotopic (exact) mass is 186 g/mol. The minimum absolute atomic E-state index is 0.127. The summed E-state index contributed by atoms with van der Waals surface area (Å²) in [5.41, 5.74) is 0.939. The number of rotatable bonds is 1. The molecule has 0 amide bonds. The Morgan fingerprint density at radius 3 is 2.93 bits per heavy atom. The molecule has 1 aromatic heterocycles. The van der Waals surface area contributed by atoms with Gasteiger partial charge >= 0.3 is 5.97 Å². The molecule has 0 saturated heterocycles. The lowest BCUT2D eigenvalue weighted by Gasteiger charge is -1.98. The van der Waals surface area contributed by atoms with Gasteiger partial charge in [-0.3, -0.25) is 0 Å². The fraction of sp³-hybridized carbons (Fsp3) is 0.100. The Hall–Kier alpha value is -2.33. The van der Waals surface area contributed by atoms with Gasteiger partial charge in [-0.05, 0) is 24.5 Å². The molecule has 0 unspecified atom stereocenters. The molecule has 0 aliphatic rings. The maximum Gasteiger partial charge on any atom is 0.355 e. The summed E-state index contributed by atoms with van der Waals surface area (Å²) >= 11 is 0. The normalized spacial score (nSPS) is 8.29. The molecule has 1 N–H and O–H groups in total. The van der Waals surface area contributed by atoms with Gasteiger partial charge in [-0.15, -0.1) is 0 Å². The Morgan fingerprint density at radius 2 is 2.36 bits per heavy atom. The molecule has 1 aromatic rings. The molecule has 68 valence electrons.